The number of carbonyl (C=O) groups excluding carboxylic acids is 1. The highest BCUT2D eigenvalue weighted by Crippen LogP contribution is 2.39. The molecule has 1 aromatic rings. The molecule has 1 saturated carbocycles. The highest BCUT2D eigenvalue weighted by atomic mass is 32.1. The molecule has 2 rings (SSSR count). The van der Waals surface area contributed by atoms with E-state index in [4.69, 9.17) is 5.73 Å². The van der Waals surface area contributed by atoms with E-state index in [1.165, 1.54) is 24.2 Å². The van der Waals surface area contributed by atoms with Gasteiger partial charge in [0.05, 0.1) is 10.7 Å². The van der Waals surface area contributed by atoms with Gasteiger partial charge in [-0.2, -0.15) is 0 Å². The minimum Gasteiger partial charge on any atom is -0.397 e. The lowest BCUT2D eigenvalue weighted by molar-refractivity contribution is 0.0960. The van der Waals surface area contributed by atoms with Gasteiger partial charge in [-0.3, -0.25) is 4.79 Å². The summed E-state index contributed by atoms with van der Waals surface area (Å²) in [5.41, 5.74) is 6.41. The summed E-state index contributed by atoms with van der Waals surface area (Å²) in [6.45, 7) is 4.73. The Morgan fingerprint density at radius 3 is 2.94 bits per heavy atom. The molecule has 0 spiro atoms. The number of rotatable bonds is 5. The first-order chi connectivity index (χ1) is 8.15. The van der Waals surface area contributed by atoms with Crippen molar-refractivity contribution in [2.75, 3.05) is 17.6 Å². The van der Waals surface area contributed by atoms with Gasteiger partial charge in [0.25, 0.3) is 5.91 Å². The third kappa shape index (κ3) is 2.72. The van der Waals surface area contributed by atoms with Crippen molar-refractivity contribution >= 4 is 27.9 Å². The van der Waals surface area contributed by atoms with Crippen molar-refractivity contribution in [2.24, 2.45) is 5.92 Å². The maximum atomic E-state index is 11.7. The van der Waals surface area contributed by atoms with Crippen LogP contribution in [0, 0.1) is 5.92 Å². The van der Waals surface area contributed by atoms with Gasteiger partial charge in [-0.1, -0.05) is 13.3 Å². The standard InChI is InChI=1S/C12H19N3OS/c1-3-7-5-9(7)15-10-6-8(13)11(17-10)12(16)14-4-2/h6-7,9,15H,3-5,13H2,1-2H3,(H,14,16). The predicted octanol–water partition coefficient (Wildman–Crippen LogP) is 2.29. The molecule has 4 N–H and O–H groups in total. The minimum atomic E-state index is -0.0779. The van der Waals surface area contributed by atoms with Gasteiger partial charge in [0.2, 0.25) is 0 Å². The Morgan fingerprint density at radius 1 is 1.59 bits per heavy atom. The lowest BCUT2D eigenvalue weighted by atomic mass is 10.3. The minimum absolute atomic E-state index is 0.0779. The zero-order valence-corrected chi connectivity index (χ0v) is 11.1. The SMILES string of the molecule is CCNC(=O)c1sc(NC2CC2CC)cc1N. The second kappa shape index (κ2) is 4.96. The maximum absolute atomic E-state index is 11.7. The Kier molecular flexibility index (Phi) is 3.57. The molecule has 0 aromatic carbocycles. The van der Waals surface area contributed by atoms with Crippen molar-refractivity contribution in [3.05, 3.63) is 10.9 Å². The normalized spacial score (nSPS) is 22.2. The predicted molar refractivity (Wildman–Crippen MR) is 72.5 cm³/mol. The molecule has 1 fully saturated rings. The van der Waals surface area contributed by atoms with Crippen molar-refractivity contribution in [2.45, 2.75) is 32.7 Å². The zero-order chi connectivity index (χ0) is 12.4. The number of carbonyl (C=O) groups is 1. The van der Waals surface area contributed by atoms with Crippen LogP contribution in [0.4, 0.5) is 10.7 Å². The highest BCUT2D eigenvalue weighted by molar-refractivity contribution is 7.18. The maximum Gasteiger partial charge on any atom is 0.263 e. The molecule has 0 bridgehead atoms. The summed E-state index contributed by atoms with van der Waals surface area (Å²) in [5, 5.41) is 7.21. The topological polar surface area (TPSA) is 67.2 Å². The highest BCUT2D eigenvalue weighted by Gasteiger charge is 2.35. The number of hydrogen-bond acceptors (Lipinski definition) is 4. The number of nitrogens with two attached hydrogens (primary N) is 1. The summed E-state index contributed by atoms with van der Waals surface area (Å²) in [4.78, 5) is 12.3. The lowest BCUT2D eigenvalue weighted by Gasteiger charge is -2.00. The summed E-state index contributed by atoms with van der Waals surface area (Å²) in [7, 11) is 0. The Morgan fingerprint density at radius 2 is 2.35 bits per heavy atom. The smallest absolute Gasteiger partial charge is 0.263 e. The second-order valence-corrected chi connectivity index (χ2v) is 5.46. The summed E-state index contributed by atoms with van der Waals surface area (Å²) in [5.74, 6) is 0.706. The molecule has 17 heavy (non-hydrogen) atoms. The number of anilines is 2. The van der Waals surface area contributed by atoms with Crippen LogP contribution in [0.2, 0.25) is 0 Å². The molecule has 5 heteroatoms. The molecule has 94 valence electrons. The molecular weight excluding hydrogens is 234 g/mol. The van der Waals surface area contributed by atoms with Gasteiger partial charge in [0.1, 0.15) is 4.88 Å². The molecule has 1 amide bonds. The fraction of sp³-hybridized carbons (Fsp3) is 0.583. The fourth-order valence-corrected chi connectivity index (χ4v) is 2.91. The average Bonchev–Trinajstić information content (AvgIpc) is 2.93. The van der Waals surface area contributed by atoms with Crippen LogP contribution in [0.25, 0.3) is 0 Å². The Balaban J connectivity index is 2.01. The van der Waals surface area contributed by atoms with Gasteiger partial charge in [-0.05, 0) is 25.3 Å². The summed E-state index contributed by atoms with van der Waals surface area (Å²) in [6.07, 6.45) is 2.44. The van der Waals surface area contributed by atoms with E-state index in [-0.39, 0.29) is 5.91 Å². The van der Waals surface area contributed by atoms with E-state index in [9.17, 15) is 4.79 Å². The second-order valence-electron chi connectivity index (χ2n) is 4.41. The molecule has 0 radical (unpaired) electrons. The molecular formula is C12H19N3OS. The molecule has 4 nitrogen and oxygen atoms in total. The first kappa shape index (κ1) is 12.2. The first-order valence-electron chi connectivity index (χ1n) is 6.09. The Labute approximate surface area is 106 Å². The van der Waals surface area contributed by atoms with Crippen molar-refractivity contribution < 1.29 is 4.79 Å². The average molecular weight is 253 g/mol. The van der Waals surface area contributed by atoms with Crippen LogP contribution in [-0.2, 0) is 0 Å². The molecule has 1 aromatic heterocycles. The van der Waals surface area contributed by atoms with Gasteiger partial charge < -0.3 is 16.4 Å². The van der Waals surface area contributed by atoms with Crippen molar-refractivity contribution in [1.29, 1.82) is 0 Å². The van der Waals surface area contributed by atoms with E-state index >= 15 is 0 Å². The molecule has 1 aliphatic carbocycles. The number of nitrogen functional groups attached to an aromatic ring is 1. The van der Waals surface area contributed by atoms with Crippen LogP contribution in [0.3, 0.4) is 0 Å². The molecule has 0 aliphatic heterocycles. The van der Waals surface area contributed by atoms with E-state index in [1.807, 2.05) is 13.0 Å². The van der Waals surface area contributed by atoms with Crippen LogP contribution < -0.4 is 16.4 Å². The molecule has 1 heterocycles. The monoisotopic (exact) mass is 253 g/mol. The summed E-state index contributed by atoms with van der Waals surface area (Å²) >= 11 is 1.44. The van der Waals surface area contributed by atoms with Gasteiger partial charge in [-0.15, -0.1) is 11.3 Å². The van der Waals surface area contributed by atoms with E-state index in [0.29, 0.717) is 23.2 Å². The van der Waals surface area contributed by atoms with Crippen LogP contribution >= 0.6 is 11.3 Å². The van der Waals surface area contributed by atoms with Crippen LogP contribution in [0.1, 0.15) is 36.4 Å². The number of hydrogen-bond donors (Lipinski definition) is 3. The molecule has 0 saturated heterocycles. The van der Waals surface area contributed by atoms with E-state index in [1.54, 1.807) is 0 Å². The summed E-state index contributed by atoms with van der Waals surface area (Å²) < 4.78 is 0. The van der Waals surface area contributed by atoms with Gasteiger partial charge in [-0.25, -0.2) is 0 Å². The lowest BCUT2D eigenvalue weighted by Crippen LogP contribution is -2.22. The quantitative estimate of drug-likeness (QED) is 0.754. The molecule has 2 atom stereocenters. The third-order valence-corrected chi connectivity index (χ3v) is 4.16. The number of nitrogens with one attached hydrogen (secondary N) is 2. The number of amides is 1. The van der Waals surface area contributed by atoms with E-state index in [2.05, 4.69) is 17.6 Å². The van der Waals surface area contributed by atoms with Crippen molar-refractivity contribution in [3.63, 3.8) is 0 Å². The largest absolute Gasteiger partial charge is 0.397 e. The fourth-order valence-electron chi connectivity index (χ4n) is 1.95. The summed E-state index contributed by atoms with van der Waals surface area (Å²) in [6, 6.07) is 2.43. The van der Waals surface area contributed by atoms with Gasteiger partial charge >= 0.3 is 0 Å². The Hall–Kier alpha value is -1.23. The number of thiophene rings is 1. The first-order valence-corrected chi connectivity index (χ1v) is 6.91. The van der Waals surface area contributed by atoms with Crippen LogP contribution in [0.15, 0.2) is 6.07 Å². The van der Waals surface area contributed by atoms with Gasteiger partial charge in [0, 0.05) is 12.6 Å². The van der Waals surface area contributed by atoms with Crippen molar-refractivity contribution in [1.82, 2.24) is 5.32 Å². The zero-order valence-electron chi connectivity index (χ0n) is 10.2. The van der Waals surface area contributed by atoms with E-state index in [0.717, 1.165) is 10.9 Å². The Bertz CT molecular complexity index is 416. The molecule has 2 unspecified atom stereocenters. The molecule has 1 aliphatic rings. The van der Waals surface area contributed by atoms with E-state index < -0.39 is 0 Å². The van der Waals surface area contributed by atoms with Crippen molar-refractivity contribution in [3.8, 4) is 0 Å². The van der Waals surface area contributed by atoms with Gasteiger partial charge in [0.15, 0.2) is 0 Å². The van der Waals surface area contributed by atoms with Crippen LogP contribution in [0.5, 0.6) is 0 Å². The third-order valence-electron chi connectivity index (χ3n) is 3.08. The van der Waals surface area contributed by atoms with Crippen LogP contribution in [-0.4, -0.2) is 18.5 Å².